The van der Waals surface area contributed by atoms with Crippen molar-refractivity contribution in [3.63, 3.8) is 0 Å². The van der Waals surface area contributed by atoms with Crippen molar-refractivity contribution in [2.24, 2.45) is 5.84 Å². The summed E-state index contributed by atoms with van der Waals surface area (Å²) in [6.45, 7) is 3.22. The molecule has 1 aliphatic rings. The molecule has 0 aromatic carbocycles. The molecule has 1 aliphatic heterocycles. The van der Waals surface area contributed by atoms with Gasteiger partial charge in [-0.25, -0.2) is 15.8 Å². The summed E-state index contributed by atoms with van der Waals surface area (Å²) in [6, 6.07) is 2.14. The fraction of sp³-hybridized carbons (Fsp3) is 0.667. The lowest BCUT2D eigenvalue weighted by Gasteiger charge is -2.28. The van der Waals surface area contributed by atoms with Crippen molar-refractivity contribution >= 4 is 11.6 Å². The third kappa shape index (κ3) is 3.12. The van der Waals surface area contributed by atoms with Crippen molar-refractivity contribution in [1.82, 2.24) is 9.97 Å². The molecule has 0 amide bonds. The topological polar surface area (TPSA) is 85.5 Å². The van der Waals surface area contributed by atoms with E-state index in [-0.39, 0.29) is 6.10 Å². The van der Waals surface area contributed by atoms with Gasteiger partial charge in [0.15, 0.2) is 5.82 Å². The number of nitrogens with one attached hydrogen (secondary N) is 1. The number of ether oxygens (including phenoxy) is 2. The predicted octanol–water partition coefficient (Wildman–Crippen LogP) is 0.522. The number of hydrogen-bond acceptors (Lipinski definition) is 7. The Morgan fingerprint density at radius 3 is 2.95 bits per heavy atom. The van der Waals surface area contributed by atoms with Gasteiger partial charge in [-0.2, -0.15) is 0 Å². The van der Waals surface area contributed by atoms with Gasteiger partial charge >= 0.3 is 0 Å². The zero-order chi connectivity index (χ0) is 13.8. The lowest BCUT2D eigenvalue weighted by Crippen LogP contribution is -2.37. The Kier molecular flexibility index (Phi) is 4.52. The molecule has 7 heteroatoms. The van der Waals surface area contributed by atoms with E-state index < -0.39 is 0 Å². The summed E-state index contributed by atoms with van der Waals surface area (Å²) in [4.78, 5) is 10.8. The molecule has 0 bridgehead atoms. The zero-order valence-corrected chi connectivity index (χ0v) is 11.6. The van der Waals surface area contributed by atoms with Gasteiger partial charge in [0.1, 0.15) is 18.2 Å². The number of nitrogens with zero attached hydrogens (tertiary/aromatic N) is 3. The Bertz CT molecular complexity index is 429. The standard InChI is InChI=1S/C12H21N5O2/c1-8-9(4-5-19-8)17(2)12-6-10(16-13)14-11(15-12)7-18-3/h6,8-9H,4-5,7,13H2,1-3H3,(H,14,15,16). The molecule has 0 spiro atoms. The van der Waals surface area contributed by atoms with Gasteiger partial charge in [-0.3, -0.25) is 0 Å². The SMILES string of the molecule is COCc1nc(NN)cc(N(C)C2CCOC2C)n1. The number of nitrogens with two attached hydrogens (primary N) is 1. The molecule has 0 aliphatic carbocycles. The van der Waals surface area contributed by atoms with Gasteiger partial charge < -0.3 is 19.8 Å². The first-order valence-electron chi connectivity index (χ1n) is 6.33. The monoisotopic (exact) mass is 267 g/mol. The van der Waals surface area contributed by atoms with Crippen LogP contribution in [0.1, 0.15) is 19.2 Å². The largest absolute Gasteiger partial charge is 0.377 e. The van der Waals surface area contributed by atoms with Crippen molar-refractivity contribution in [1.29, 1.82) is 0 Å². The normalized spacial score (nSPS) is 22.5. The van der Waals surface area contributed by atoms with E-state index in [1.807, 2.05) is 13.1 Å². The summed E-state index contributed by atoms with van der Waals surface area (Å²) in [6.07, 6.45) is 1.19. The first-order chi connectivity index (χ1) is 9.15. The summed E-state index contributed by atoms with van der Waals surface area (Å²) in [5, 5.41) is 0. The quantitative estimate of drug-likeness (QED) is 0.594. The van der Waals surface area contributed by atoms with Crippen LogP contribution in [0.3, 0.4) is 0 Å². The molecule has 19 heavy (non-hydrogen) atoms. The smallest absolute Gasteiger partial charge is 0.158 e. The molecule has 7 nitrogen and oxygen atoms in total. The molecule has 2 rings (SSSR count). The average molecular weight is 267 g/mol. The molecule has 3 N–H and O–H groups in total. The first kappa shape index (κ1) is 14.0. The number of methoxy groups -OCH3 is 1. The molecule has 0 saturated carbocycles. The Morgan fingerprint density at radius 1 is 1.58 bits per heavy atom. The van der Waals surface area contributed by atoms with Crippen LogP contribution in [-0.4, -0.2) is 42.9 Å². The Morgan fingerprint density at radius 2 is 2.37 bits per heavy atom. The van der Waals surface area contributed by atoms with Crippen molar-refractivity contribution in [2.45, 2.75) is 32.1 Å². The van der Waals surface area contributed by atoms with Crippen LogP contribution in [0.15, 0.2) is 6.07 Å². The third-order valence-electron chi connectivity index (χ3n) is 3.38. The summed E-state index contributed by atoms with van der Waals surface area (Å²) in [5.74, 6) is 7.44. The minimum atomic E-state index is 0.195. The van der Waals surface area contributed by atoms with E-state index in [2.05, 4.69) is 27.2 Å². The Balaban J connectivity index is 2.24. The molecule has 2 unspecified atom stereocenters. The predicted molar refractivity (Wildman–Crippen MR) is 72.8 cm³/mol. The van der Waals surface area contributed by atoms with Gasteiger partial charge in [0, 0.05) is 26.8 Å². The first-order valence-corrected chi connectivity index (χ1v) is 6.33. The Labute approximate surface area is 113 Å². The second kappa shape index (κ2) is 6.14. The zero-order valence-electron chi connectivity index (χ0n) is 11.6. The maximum atomic E-state index is 5.59. The average Bonchev–Trinajstić information content (AvgIpc) is 2.84. The van der Waals surface area contributed by atoms with E-state index in [4.69, 9.17) is 15.3 Å². The Hall–Kier alpha value is -1.44. The molecular weight excluding hydrogens is 246 g/mol. The van der Waals surface area contributed by atoms with Gasteiger partial charge in [-0.1, -0.05) is 0 Å². The maximum Gasteiger partial charge on any atom is 0.158 e. The van der Waals surface area contributed by atoms with Gasteiger partial charge in [0.05, 0.1) is 12.1 Å². The number of anilines is 2. The van der Waals surface area contributed by atoms with Gasteiger partial charge in [0.2, 0.25) is 0 Å². The van der Waals surface area contributed by atoms with Crippen molar-refractivity contribution < 1.29 is 9.47 Å². The number of nitrogen functional groups attached to an aromatic ring is 1. The molecule has 1 saturated heterocycles. The van der Waals surface area contributed by atoms with Crippen LogP contribution in [-0.2, 0) is 16.1 Å². The fourth-order valence-electron chi connectivity index (χ4n) is 2.33. The highest BCUT2D eigenvalue weighted by molar-refractivity contribution is 5.49. The van der Waals surface area contributed by atoms with E-state index in [9.17, 15) is 0 Å². The lowest BCUT2D eigenvalue weighted by molar-refractivity contribution is 0.118. The van der Waals surface area contributed by atoms with Crippen LogP contribution < -0.4 is 16.2 Å². The van der Waals surface area contributed by atoms with Crippen LogP contribution in [0, 0.1) is 0 Å². The highest BCUT2D eigenvalue weighted by Gasteiger charge is 2.29. The van der Waals surface area contributed by atoms with Crippen LogP contribution in [0.2, 0.25) is 0 Å². The van der Waals surface area contributed by atoms with Gasteiger partial charge in [-0.05, 0) is 13.3 Å². The van der Waals surface area contributed by atoms with E-state index >= 15 is 0 Å². The van der Waals surface area contributed by atoms with Crippen LogP contribution in [0.4, 0.5) is 11.6 Å². The minimum absolute atomic E-state index is 0.195. The van der Waals surface area contributed by atoms with E-state index in [0.717, 1.165) is 18.8 Å². The van der Waals surface area contributed by atoms with Crippen LogP contribution in [0.25, 0.3) is 0 Å². The second-order valence-corrected chi connectivity index (χ2v) is 4.65. The molecule has 0 radical (unpaired) electrons. The number of aromatic nitrogens is 2. The van der Waals surface area contributed by atoms with E-state index in [1.54, 1.807) is 7.11 Å². The lowest BCUT2D eigenvalue weighted by atomic mass is 10.1. The summed E-state index contributed by atoms with van der Waals surface area (Å²) in [7, 11) is 3.62. The summed E-state index contributed by atoms with van der Waals surface area (Å²) in [5.41, 5.74) is 2.56. The van der Waals surface area contributed by atoms with Gasteiger partial charge in [-0.15, -0.1) is 0 Å². The molecule has 2 atom stereocenters. The number of hydrogen-bond donors (Lipinski definition) is 2. The van der Waals surface area contributed by atoms with E-state index in [1.165, 1.54) is 0 Å². The molecule has 2 heterocycles. The summed E-state index contributed by atoms with van der Waals surface area (Å²) < 4.78 is 10.7. The minimum Gasteiger partial charge on any atom is -0.377 e. The van der Waals surface area contributed by atoms with Crippen LogP contribution >= 0.6 is 0 Å². The number of likely N-dealkylation sites (N-methyl/N-ethyl adjacent to an activating group) is 1. The van der Waals surface area contributed by atoms with Crippen LogP contribution in [0.5, 0.6) is 0 Å². The van der Waals surface area contributed by atoms with Gasteiger partial charge in [0.25, 0.3) is 0 Å². The highest BCUT2D eigenvalue weighted by atomic mass is 16.5. The molecule has 1 aromatic rings. The number of hydrazine groups is 1. The van der Waals surface area contributed by atoms with Crippen molar-refractivity contribution in [3.8, 4) is 0 Å². The molecule has 106 valence electrons. The van der Waals surface area contributed by atoms with Crippen molar-refractivity contribution in [3.05, 3.63) is 11.9 Å². The molecule has 1 fully saturated rings. The van der Waals surface area contributed by atoms with Crippen molar-refractivity contribution in [2.75, 3.05) is 31.1 Å². The molecule has 1 aromatic heterocycles. The maximum absolute atomic E-state index is 5.59. The molecular formula is C12H21N5O2. The third-order valence-corrected chi connectivity index (χ3v) is 3.38. The highest BCUT2D eigenvalue weighted by Crippen LogP contribution is 2.24. The second-order valence-electron chi connectivity index (χ2n) is 4.65. The number of rotatable bonds is 5. The summed E-state index contributed by atoms with van der Waals surface area (Å²) >= 11 is 0. The fourth-order valence-corrected chi connectivity index (χ4v) is 2.33. The van der Waals surface area contributed by atoms with E-state index in [0.29, 0.717) is 24.3 Å².